The number of hydrogen-bond donors (Lipinski definition) is 2. The number of nitrogens with zero attached hydrogens (tertiary/aromatic N) is 1. The summed E-state index contributed by atoms with van der Waals surface area (Å²) in [5.74, 6) is -0.00249. The third-order valence-electron chi connectivity index (χ3n) is 11.0. The maximum atomic E-state index is 13.6. The van der Waals surface area contributed by atoms with Crippen molar-refractivity contribution < 1.29 is 24.6 Å². The van der Waals surface area contributed by atoms with Gasteiger partial charge in [-0.3, -0.25) is 19.5 Å². The van der Waals surface area contributed by atoms with E-state index < -0.39 is 34.6 Å². The first kappa shape index (κ1) is 23.1. The number of benzene rings is 1. The van der Waals surface area contributed by atoms with E-state index in [1.54, 1.807) is 12.2 Å². The van der Waals surface area contributed by atoms with Gasteiger partial charge in [0.1, 0.15) is 6.61 Å². The zero-order chi connectivity index (χ0) is 24.8. The highest BCUT2D eigenvalue weighted by Crippen LogP contribution is 2.74. The SMILES string of the molecule is CC12C=CC(=O)C=C1CCC1C3CC4CN(c5ccccc5)OC4(C(=O)CO)C3(C)CC(O)C12C. The second-order valence-corrected chi connectivity index (χ2v) is 12.0. The third kappa shape index (κ3) is 2.66. The molecule has 1 heterocycles. The molecule has 6 nitrogen and oxygen atoms in total. The van der Waals surface area contributed by atoms with E-state index in [9.17, 15) is 19.8 Å². The van der Waals surface area contributed by atoms with E-state index in [1.165, 1.54) is 0 Å². The molecule has 0 amide bonds. The molecular weight excluding hydrogens is 442 g/mol. The largest absolute Gasteiger partial charge is 0.392 e. The van der Waals surface area contributed by atoms with Crippen LogP contribution in [0.25, 0.3) is 0 Å². The first-order valence-corrected chi connectivity index (χ1v) is 12.9. The van der Waals surface area contributed by atoms with Crippen LogP contribution in [-0.4, -0.2) is 46.6 Å². The Bertz CT molecular complexity index is 1140. The zero-order valence-electron chi connectivity index (χ0n) is 20.7. The standard InChI is InChI=1S/C29H35NO5/c1-26-12-11-21(32)13-18(26)9-10-22-23-14-19-16-30(20-7-5-4-6-8-20)35-29(19,25(34)17-31)27(23,2)15-24(33)28(22,26)3/h4-8,11-13,19,22-24,31,33H,9-10,14-17H2,1-3H3. The topological polar surface area (TPSA) is 87.1 Å². The average Bonchev–Trinajstić information content (AvgIpc) is 3.34. The van der Waals surface area contributed by atoms with E-state index in [4.69, 9.17) is 4.84 Å². The number of hydroxylamine groups is 1. The van der Waals surface area contributed by atoms with Crippen LogP contribution in [0.15, 0.2) is 54.1 Å². The molecule has 6 rings (SSSR count). The molecule has 0 spiro atoms. The molecule has 3 saturated carbocycles. The lowest BCUT2D eigenvalue weighted by atomic mass is 9.39. The van der Waals surface area contributed by atoms with Crippen LogP contribution in [0.1, 0.15) is 46.5 Å². The Kier molecular flexibility index (Phi) is 4.87. The zero-order valence-corrected chi connectivity index (χ0v) is 20.7. The predicted octanol–water partition coefficient (Wildman–Crippen LogP) is 3.63. The smallest absolute Gasteiger partial charge is 0.193 e. The van der Waals surface area contributed by atoms with Gasteiger partial charge in [0, 0.05) is 22.2 Å². The monoisotopic (exact) mass is 477 g/mol. The molecule has 0 bridgehead atoms. The molecule has 8 unspecified atom stereocenters. The van der Waals surface area contributed by atoms with E-state index in [2.05, 4.69) is 20.8 Å². The highest BCUT2D eigenvalue weighted by Gasteiger charge is 2.77. The number of hydrogen-bond acceptors (Lipinski definition) is 6. The van der Waals surface area contributed by atoms with Crippen LogP contribution in [0.3, 0.4) is 0 Å². The number of aliphatic hydroxyl groups excluding tert-OH is 2. The summed E-state index contributed by atoms with van der Waals surface area (Å²) in [5, 5.41) is 23.9. The van der Waals surface area contributed by atoms with Gasteiger partial charge in [-0.25, -0.2) is 0 Å². The lowest BCUT2D eigenvalue weighted by molar-refractivity contribution is -0.214. The van der Waals surface area contributed by atoms with Crippen molar-refractivity contribution >= 4 is 17.3 Å². The minimum atomic E-state index is -1.17. The molecule has 5 aliphatic rings. The summed E-state index contributed by atoms with van der Waals surface area (Å²) in [6.45, 7) is 6.46. The van der Waals surface area contributed by atoms with Gasteiger partial charge < -0.3 is 10.2 Å². The van der Waals surface area contributed by atoms with Crippen LogP contribution in [-0.2, 0) is 14.4 Å². The normalized spacial score (nSPS) is 45.9. The fourth-order valence-electron chi connectivity index (χ4n) is 9.05. The summed E-state index contributed by atoms with van der Waals surface area (Å²) in [5.41, 5.74) is -0.647. The average molecular weight is 478 g/mol. The summed E-state index contributed by atoms with van der Waals surface area (Å²) >= 11 is 0. The lowest BCUT2D eigenvalue weighted by Crippen LogP contribution is -2.67. The lowest BCUT2D eigenvalue weighted by Gasteiger charge is -2.65. The second-order valence-electron chi connectivity index (χ2n) is 12.0. The van der Waals surface area contributed by atoms with Crippen LogP contribution in [0, 0.1) is 34.0 Å². The first-order valence-electron chi connectivity index (χ1n) is 12.9. The van der Waals surface area contributed by atoms with Crippen molar-refractivity contribution in [2.24, 2.45) is 34.0 Å². The Hall–Kier alpha value is -2.28. The molecule has 6 heteroatoms. The summed E-state index contributed by atoms with van der Waals surface area (Å²) < 4.78 is 0. The summed E-state index contributed by atoms with van der Waals surface area (Å²) in [6.07, 6.45) is 7.67. The van der Waals surface area contributed by atoms with Crippen LogP contribution < -0.4 is 5.06 Å². The molecule has 1 saturated heterocycles. The van der Waals surface area contributed by atoms with Crippen molar-refractivity contribution in [3.8, 4) is 0 Å². The van der Waals surface area contributed by atoms with Gasteiger partial charge in [-0.2, -0.15) is 0 Å². The van der Waals surface area contributed by atoms with Crippen LogP contribution in [0.5, 0.6) is 0 Å². The fourth-order valence-corrected chi connectivity index (χ4v) is 9.05. The number of aliphatic hydroxyl groups is 2. The number of Topliss-reactive ketones (excluding diaryl/α,β-unsaturated/α-hetero) is 1. The van der Waals surface area contributed by atoms with E-state index >= 15 is 0 Å². The number of rotatable bonds is 3. The van der Waals surface area contributed by atoms with Gasteiger partial charge in [0.15, 0.2) is 17.2 Å². The van der Waals surface area contributed by atoms with Crippen molar-refractivity contribution in [2.45, 2.75) is 58.2 Å². The summed E-state index contributed by atoms with van der Waals surface area (Å²) in [7, 11) is 0. The number of para-hydroxylation sites is 1. The van der Waals surface area contributed by atoms with Crippen LogP contribution in [0.4, 0.5) is 5.69 Å². The Labute approximate surface area is 206 Å². The molecule has 0 aromatic heterocycles. The molecule has 1 aromatic rings. The number of carbonyl (C=O) groups excluding carboxylic acids is 2. The van der Waals surface area contributed by atoms with Crippen molar-refractivity contribution in [1.29, 1.82) is 0 Å². The van der Waals surface area contributed by atoms with Gasteiger partial charge >= 0.3 is 0 Å². The molecule has 2 N–H and O–H groups in total. The molecular formula is C29H35NO5. The van der Waals surface area contributed by atoms with Gasteiger partial charge in [-0.1, -0.05) is 50.6 Å². The van der Waals surface area contributed by atoms with Crippen molar-refractivity contribution in [1.82, 2.24) is 0 Å². The predicted molar refractivity (Wildman–Crippen MR) is 131 cm³/mol. The molecule has 0 radical (unpaired) electrons. The van der Waals surface area contributed by atoms with Gasteiger partial charge in [-0.05, 0) is 61.8 Å². The van der Waals surface area contributed by atoms with Gasteiger partial charge in [0.2, 0.25) is 0 Å². The third-order valence-corrected chi connectivity index (χ3v) is 11.0. The minimum Gasteiger partial charge on any atom is -0.392 e. The van der Waals surface area contributed by atoms with Crippen LogP contribution in [0.2, 0.25) is 0 Å². The number of allylic oxidation sites excluding steroid dienone is 4. The molecule has 8 atom stereocenters. The maximum absolute atomic E-state index is 13.6. The van der Waals surface area contributed by atoms with Crippen LogP contribution >= 0.6 is 0 Å². The molecule has 35 heavy (non-hydrogen) atoms. The van der Waals surface area contributed by atoms with E-state index in [0.29, 0.717) is 13.0 Å². The highest BCUT2D eigenvalue weighted by molar-refractivity contribution is 6.01. The number of anilines is 1. The number of ketones is 2. The van der Waals surface area contributed by atoms with E-state index in [-0.39, 0.29) is 29.3 Å². The highest BCUT2D eigenvalue weighted by atomic mass is 16.7. The molecule has 1 aromatic carbocycles. The van der Waals surface area contributed by atoms with Gasteiger partial charge in [0.05, 0.1) is 18.3 Å². The Morgan fingerprint density at radius 1 is 1.17 bits per heavy atom. The Morgan fingerprint density at radius 2 is 1.91 bits per heavy atom. The first-order chi connectivity index (χ1) is 16.6. The quantitative estimate of drug-likeness (QED) is 0.691. The fraction of sp³-hybridized carbons (Fsp3) is 0.586. The number of carbonyl (C=O) groups is 2. The van der Waals surface area contributed by atoms with Crippen molar-refractivity contribution in [3.63, 3.8) is 0 Å². The number of fused-ring (bicyclic) bond motifs is 7. The summed E-state index contributed by atoms with van der Waals surface area (Å²) in [4.78, 5) is 32.4. The van der Waals surface area contributed by atoms with E-state index in [1.807, 2.05) is 41.5 Å². The minimum absolute atomic E-state index is 0.0203. The van der Waals surface area contributed by atoms with Crippen molar-refractivity contribution in [2.75, 3.05) is 18.2 Å². The molecule has 4 aliphatic carbocycles. The van der Waals surface area contributed by atoms with Gasteiger partial charge in [0.25, 0.3) is 0 Å². The summed E-state index contributed by atoms with van der Waals surface area (Å²) in [6, 6.07) is 9.78. The Balaban J connectivity index is 1.44. The molecule has 1 aliphatic heterocycles. The molecule has 186 valence electrons. The van der Waals surface area contributed by atoms with E-state index in [0.717, 1.165) is 30.5 Å². The second kappa shape index (κ2) is 7.37. The Morgan fingerprint density at radius 3 is 2.63 bits per heavy atom. The van der Waals surface area contributed by atoms with Gasteiger partial charge in [-0.15, -0.1) is 0 Å². The molecule has 4 fully saturated rings. The maximum Gasteiger partial charge on any atom is 0.193 e. The van der Waals surface area contributed by atoms with Crippen molar-refractivity contribution in [3.05, 3.63) is 54.1 Å².